The van der Waals surface area contributed by atoms with Crippen LogP contribution in [0.15, 0.2) is 0 Å². The standard InChI is InChI=1S/C10H22.C/c1-3-5-7-9-10-8-6-4-2;/h3-10H2,1-2H3;. The van der Waals surface area contributed by atoms with Crippen molar-refractivity contribution in [1.82, 2.24) is 0 Å². The fourth-order valence-corrected chi connectivity index (χ4v) is 1.21. The van der Waals surface area contributed by atoms with Gasteiger partial charge in [0.2, 0.25) is 0 Å². The first kappa shape index (κ1) is 13.6. The second kappa shape index (κ2) is 12.7. The van der Waals surface area contributed by atoms with Gasteiger partial charge in [-0.1, -0.05) is 65.2 Å². The molecule has 0 saturated heterocycles. The van der Waals surface area contributed by atoms with Crippen molar-refractivity contribution >= 4 is 0 Å². The van der Waals surface area contributed by atoms with Gasteiger partial charge in [0.05, 0.1) is 0 Å². The maximum atomic E-state index is 2.27. The van der Waals surface area contributed by atoms with Crippen LogP contribution in [0.1, 0.15) is 65.2 Å². The second-order valence-electron chi connectivity index (χ2n) is 3.12. The van der Waals surface area contributed by atoms with E-state index in [-0.39, 0.29) is 7.43 Å². The van der Waals surface area contributed by atoms with Gasteiger partial charge in [0.25, 0.3) is 0 Å². The third-order valence-electron chi connectivity index (χ3n) is 1.96. The Morgan fingerprint density at radius 3 is 1.09 bits per heavy atom. The molecule has 0 amide bonds. The van der Waals surface area contributed by atoms with Crippen molar-refractivity contribution in [1.29, 1.82) is 0 Å². The molecule has 0 N–H and O–H groups in total. The van der Waals surface area contributed by atoms with Crippen molar-refractivity contribution in [3.63, 3.8) is 0 Å². The van der Waals surface area contributed by atoms with Crippen LogP contribution in [-0.4, -0.2) is 0 Å². The molecule has 0 aromatic heterocycles. The summed E-state index contributed by atoms with van der Waals surface area (Å²) in [7, 11) is 0. The average molecular weight is 154 g/mol. The molecular formula is C11H22. The second-order valence-corrected chi connectivity index (χ2v) is 3.12. The molecule has 0 atom stereocenters. The monoisotopic (exact) mass is 154 g/mol. The molecule has 66 valence electrons. The minimum Gasteiger partial charge on any atom is -0.0654 e. The van der Waals surface area contributed by atoms with Crippen molar-refractivity contribution < 1.29 is 0 Å². The van der Waals surface area contributed by atoms with Crippen LogP contribution >= 0.6 is 0 Å². The lowest BCUT2D eigenvalue weighted by Crippen LogP contribution is -1.77. The van der Waals surface area contributed by atoms with Crippen molar-refractivity contribution in [2.24, 2.45) is 0 Å². The summed E-state index contributed by atoms with van der Waals surface area (Å²) in [5, 5.41) is 0. The number of hydrogen-bond acceptors (Lipinski definition) is 0. The molecule has 0 aromatic rings. The lowest BCUT2D eigenvalue weighted by molar-refractivity contribution is 0.585. The van der Waals surface area contributed by atoms with E-state index in [2.05, 4.69) is 13.8 Å². The topological polar surface area (TPSA) is 0 Å². The van der Waals surface area contributed by atoms with Gasteiger partial charge in [-0.3, -0.25) is 0 Å². The Kier molecular flexibility index (Phi) is 15.6. The van der Waals surface area contributed by atoms with E-state index in [1.54, 1.807) is 0 Å². The zero-order valence-electron chi connectivity index (χ0n) is 8.16. The zero-order chi connectivity index (χ0) is 7.66. The lowest BCUT2D eigenvalue weighted by atomic mass is 10.1. The fourth-order valence-electron chi connectivity index (χ4n) is 1.21. The molecule has 0 aliphatic rings. The Bertz CT molecular complexity index is 40.0. The summed E-state index contributed by atoms with van der Waals surface area (Å²) in [4.78, 5) is 0. The maximum Gasteiger partial charge on any atom is 0 e. The van der Waals surface area contributed by atoms with E-state index in [9.17, 15) is 0 Å². The van der Waals surface area contributed by atoms with Gasteiger partial charge in [0.1, 0.15) is 0 Å². The molecule has 0 rings (SSSR count). The van der Waals surface area contributed by atoms with E-state index in [1.165, 1.54) is 51.4 Å². The minimum absolute atomic E-state index is 0. The van der Waals surface area contributed by atoms with E-state index in [0.29, 0.717) is 0 Å². The SMILES string of the molecule is CCCCCCCCCC.[C]. The van der Waals surface area contributed by atoms with Gasteiger partial charge in [0.15, 0.2) is 0 Å². The molecule has 0 bridgehead atoms. The van der Waals surface area contributed by atoms with E-state index in [4.69, 9.17) is 0 Å². The summed E-state index contributed by atoms with van der Waals surface area (Å²) in [5.41, 5.74) is 0. The van der Waals surface area contributed by atoms with Gasteiger partial charge in [-0.2, -0.15) is 0 Å². The first-order valence-electron chi connectivity index (χ1n) is 4.91. The van der Waals surface area contributed by atoms with Crippen molar-refractivity contribution in [3.8, 4) is 0 Å². The highest BCUT2D eigenvalue weighted by atomic mass is 13.9. The van der Waals surface area contributed by atoms with E-state index < -0.39 is 0 Å². The smallest absolute Gasteiger partial charge is 0 e. The van der Waals surface area contributed by atoms with Crippen LogP contribution < -0.4 is 0 Å². The minimum atomic E-state index is 0. The molecule has 0 heteroatoms. The van der Waals surface area contributed by atoms with Crippen LogP contribution in [0.4, 0.5) is 0 Å². The third-order valence-corrected chi connectivity index (χ3v) is 1.96. The molecule has 4 radical (unpaired) electrons. The number of hydrogen-bond donors (Lipinski definition) is 0. The van der Waals surface area contributed by atoms with Gasteiger partial charge in [-0.25, -0.2) is 0 Å². The van der Waals surface area contributed by atoms with Crippen molar-refractivity contribution in [2.45, 2.75) is 65.2 Å². The van der Waals surface area contributed by atoms with Crippen molar-refractivity contribution in [3.05, 3.63) is 7.43 Å². The van der Waals surface area contributed by atoms with Crippen LogP contribution in [0.2, 0.25) is 0 Å². The van der Waals surface area contributed by atoms with Crippen LogP contribution in [0.5, 0.6) is 0 Å². The maximum absolute atomic E-state index is 2.27. The molecule has 11 heavy (non-hydrogen) atoms. The Morgan fingerprint density at radius 2 is 0.818 bits per heavy atom. The van der Waals surface area contributed by atoms with E-state index in [0.717, 1.165) is 0 Å². The van der Waals surface area contributed by atoms with E-state index >= 15 is 0 Å². The van der Waals surface area contributed by atoms with Crippen LogP contribution in [0, 0.1) is 7.43 Å². The van der Waals surface area contributed by atoms with Gasteiger partial charge in [-0.05, 0) is 0 Å². The largest absolute Gasteiger partial charge is 0.0654 e. The van der Waals surface area contributed by atoms with Crippen LogP contribution in [-0.2, 0) is 0 Å². The summed E-state index contributed by atoms with van der Waals surface area (Å²) in [5.74, 6) is 0. The summed E-state index contributed by atoms with van der Waals surface area (Å²) >= 11 is 0. The highest BCUT2D eigenvalue weighted by molar-refractivity contribution is 4.43. The highest BCUT2D eigenvalue weighted by Gasteiger charge is 1.87. The number of unbranched alkanes of at least 4 members (excludes halogenated alkanes) is 7. The lowest BCUT2D eigenvalue weighted by Gasteiger charge is -1.97. The molecule has 0 spiro atoms. The van der Waals surface area contributed by atoms with Gasteiger partial charge < -0.3 is 0 Å². The average Bonchev–Trinajstić information content (AvgIpc) is 1.97. The fraction of sp³-hybridized carbons (Fsp3) is 0.909. The molecule has 0 saturated carbocycles. The quantitative estimate of drug-likeness (QED) is 0.481. The Labute approximate surface area is 73.4 Å². The summed E-state index contributed by atoms with van der Waals surface area (Å²) in [6.45, 7) is 4.54. The summed E-state index contributed by atoms with van der Waals surface area (Å²) < 4.78 is 0. The predicted octanol–water partition coefficient (Wildman–Crippen LogP) is 4.23. The van der Waals surface area contributed by atoms with Gasteiger partial charge >= 0.3 is 0 Å². The van der Waals surface area contributed by atoms with Crippen LogP contribution in [0.25, 0.3) is 0 Å². The normalized spacial score (nSPS) is 9.27. The molecule has 0 aliphatic heterocycles. The molecule has 0 aromatic carbocycles. The van der Waals surface area contributed by atoms with Crippen molar-refractivity contribution in [2.75, 3.05) is 0 Å². The summed E-state index contributed by atoms with van der Waals surface area (Å²) in [6, 6.07) is 0. The first-order valence-corrected chi connectivity index (χ1v) is 4.91. The molecule has 0 nitrogen and oxygen atoms in total. The molecule has 0 heterocycles. The first-order chi connectivity index (χ1) is 4.91. The van der Waals surface area contributed by atoms with Crippen LogP contribution in [0.3, 0.4) is 0 Å². The van der Waals surface area contributed by atoms with Gasteiger partial charge in [-0.15, -0.1) is 0 Å². The van der Waals surface area contributed by atoms with E-state index in [1.807, 2.05) is 0 Å². The predicted molar refractivity (Wildman–Crippen MR) is 51.5 cm³/mol. The highest BCUT2D eigenvalue weighted by Crippen LogP contribution is 2.07. The molecule has 0 unspecified atom stereocenters. The summed E-state index contributed by atoms with van der Waals surface area (Å²) in [6.07, 6.45) is 11.5. The molecule has 0 aliphatic carbocycles. The Morgan fingerprint density at radius 1 is 0.545 bits per heavy atom. The third kappa shape index (κ3) is 13.1. The molecule has 0 fully saturated rings. The molecular weight excluding hydrogens is 132 g/mol. The Balaban J connectivity index is 0. The number of rotatable bonds is 7. The Hall–Kier alpha value is 0. The zero-order valence-corrected chi connectivity index (χ0v) is 8.16. The van der Waals surface area contributed by atoms with Gasteiger partial charge in [0, 0.05) is 7.43 Å².